The number of nitrogens with zero attached hydrogens (tertiary/aromatic N) is 2. The molecule has 8 heteroatoms. The van der Waals surface area contributed by atoms with Crippen molar-refractivity contribution in [3.05, 3.63) is 45.2 Å². The van der Waals surface area contributed by atoms with Gasteiger partial charge in [-0.25, -0.2) is 0 Å². The molecular formula is C23H29N5O3. The lowest BCUT2D eigenvalue weighted by atomic mass is 9.92. The molecule has 2 aromatic rings. The minimum Gasteiger partial charge on any atom is -0.337 e. The Morgan fingerprint density at radius 3 is 2.58 bits per heavy atom. The van der Waals surface area contributed by atoms with E-state index >= 15 is 0 Å². The van der Waals surface area contributed by atoms with Crippen LogP contribution in [0.15, 0.2) is 23.0 Å². The zero-order valence-electron chi connectivity index (χ0n) is 18.4. The number of anilines is 3. The van der Waals surface area contributed by atoms with Crippen molar-refractivity contribution in [2.45, 2.75) is 71.4 Å². The summed E-state index contributed by atoms with van der Waals surface area (Å²) in [7, 11) is 0. The lowest BCUT2D eigenvalue weighted by Gasteiger charge is -2.39. The molecular weight excluding hydrogens is 394 g/mol. The van der Waals surface area contributed by atoms with Crippen LogP contribution in [0.5, 0.6) is 0 Å². The Morgan fingerprint density at radius 1 is 1.16 bits per heavy atom. The molecule has 164 valence electrons. The number of aryl methyl sites for hydroxylation is 2. The van der Waals surface area contributed by atoms with Gasteiger partial charge in [0.1, 0.15) is 5.82 Å². The zero-order chi connectivity index (χ0) is 22.3. The van der Waals surface area contributed by atoms with Gasteiger partial charge in [0.15, 0.2) is 0 Å². The summed E-state index contributed by atoms with van der Waals surface area (Å²) in [6.07, 6.45) is 3.06. The smallest absolute Gasteiger partial charge is 0.258 e. The molecule has 2 amide bonds. The second kappa shape index (κ2) is 8.17. The van der Waals surface area contributed by atoms with Crippen LogP contribution < -0.4 is 21.1 Å². The largest absolute Gasteiger partial charge is 0.337 e. The van der Waals surface area contributed by atoms with Crippen LogP contribution in [0.3, 0.4) is 0 Å². The summed E-state index contributed by atoms with van der Waals surface area (Å²) in [6.45, 7) is 8.05. The van der Waals surface area contributed by atoms with Gasteiger partial charge in [-0.15, -0.1) is 0 Å². The molecule has 1 saturated heterocycles. The van der Waals surface area contributed by atoms with Gasteiger partial charge in [0, 0.05) is 24.2 Å². The second-order valence-corrected chi connectivity index (χ2v) is 8.80. The SMILES string of the molecule is Cc1ccc(C)c(NC(=O)C2CC(=O)Nc3nc(N4C(C)CCCC4C)[nH]c(=O)c32)c1. The molecule has 8 nitrogen and oxygen atoms in total. The summed E-state index contributed by atoms with van der Waals surface area (Å²) >= 11 is 0. The van der Waals surface area contributed by atoms with E-state index in [-0.39, 0.29) is 47.3 Å². The van der Waals surface area contributed by atoms with Gasteiger partial charge in [-0.1, -0.05) is 12.1 Å². The van der Waals surface area contributed by atoms with E-state index in [1.54, 1.807) is 0 Å². The van der Waals surface area contributed by atoms with Crippen LogP contribution in [-0.2, 0) is 9.59 Å². The number of amides is 2. The van der Waals surface area contributed by atoms with E-state index in [1.165, 1.54) is 0 Å². The number of rotatable bonds is 3. The maximum Gasteiger partial charge on any atom is 0.258 e. The van der Waals surface area contributed by atoms with Crippen molar-refractivity contribution < 1.29 is 9.59 Å². The average Bonchev–Trinajstić information content (AvgIpc) is 2.69. The molecule has 3 N–H and O–H groups in total. The van der Waals surface area contributed by atoms with Gasteiger partial charge in [0.2, 0.25) is 17.8 Å². The van der Waals surface area contributed by atoms with Crippen molar-refractivity contribution in [1.82, 2.24) is 9.97 Å². The number of fused-ring (bicyclic) bond motifs is 1. The van der Waals surface area contributed by atoms with Gasteiger partial charge in [-0.2, -0.15) is 4.98 Å². The lowest BCUT2D eigenvalue weighted by molar-refractivity contribution is -0.123. The third-order valence-corrected chi connectivity index (χ3v) is 6.34. The van der Waals surface area contributed by atoms with E-state index in [0.29, 0.717) is 11.6 Å². The molecule has 0 bridgehead atoms. The molecule has 0 saturated carbocycles. The van der Waals surface area contributed by atoms with Crippen LogP contribution >= 0.6 is 0 Å². The van der Waals surface area contributed by atoms with E-state index in [9.17, 15) is 14.4 Å². The fourth-order valence-electron chi connectivity index (χ4n) is 4.63. The average molecular weight is 424 g/mol. The summed E-state index contributed by atoms with van der Waals surface area (Å²) in [4.78, 5) is 48.1. The first-order valence-electron chi connectivity index (χ1n) is 10.8. The molecule has 1 aromatic heterocycles. The number of hydrogen-bond acceptors (Lipinski definition) is 5. The quantitative estimate of drug-likeness (QED) is 0.703. The normalized spacial score (nSPS) is 23.2. The second-order valence-electron chi connectivity index (χ2n) is 8.80. The summed E-state index contributed by atoms with van der Waals surface area (Å²) in [5.41, 5.74) is 2.43. The van der Waals surface area contributed by atoms with E-state index < -0.39 is 5.92 Å². The predicted octanol–water partition coefficient (Wildman–Crippen LogP) is 3.22. The molecule has 0 spiro atoms. The monoisotopic (exact) mass is 423 g/mol. The van der Waals surface area contributed by atoms with Gasteiger partial charge >= 0.3 is 0 Å². The van der Waals surface area contributed by atoms with Gasteiger partial charge < -0.3 is 15.5 Å². The van der Waals surface area contributed by atoms with E-state index in [1.807, 2.05) is 32.0 Å². The number of nitrogens with one attached hydrogen (secondary N) is 3. The molecule has 1 fully saturated rings. The third kappa shape index (κ3) is 4.06. The highest BCUT2D eigenvalue weighted by molar-refractivity contribution is 6.04. The Kier molecular flexibility index (Phi) is 5.56. The first-order chi connectivity index (χ1) is 14.7. The van der Waals surface area contributed by atoms with Gasteiger partial charge in [0.05, 0.1) is 11.5 Å². The number of aromatic nitrogens is 2. The molecule has 3 unspecified atom stereocenters. The molecule has 2 aliphatic heterocycles. The van der Waals surface area contributed by atoms with E-state index in [2.05, 4.69) is 39.3 Å². The minimum absolute atomic E-state index is 0.0929. The summed E-state index contributed by atoms with van der Waals surface area (Å²) < 4.78 is 0. The highest BCUT2D eigenvalue weighted by atomic mass is 16.2. The number of aromatic amines is 1. The van der Waals surface area contributed by atoms with Crippen LogP contribution in [0.2, 0.25) is 0 Å². The Bertz CT molecular complexity index is 1080. The third-order valence-electron chi connectivity index (χ3n) is 6.34. The fraction of sp³-hybridized carbons (Fsp3) is 0.478. The molecule has 4 rings (SSSR count). The van der Waals surface area contributed by atoms with Crippen LogP contribution in [-0.4, -0.2) is 33.9 Å². The number of carbonyl (C=O) groups is 2. The summed E-state index contributed by atoms with van der Waals surface area (Å²) in [5.74, 6) is -0.979. The zero-order valence-corrected chi connectivity index (χ0v) is 18.4. The van der Waals surface area contributed by atoms with Crippen molar-refractivity contribution in [3.63, 3.8) is 0 Å². The highest BCUT2D eigenvalue weighted by Gasteiger charge is 2.36. The van der Waals surface area contributed by atoms with Crippen molar-refractivity contribution >= 4 is 29.3 Å². The number of hydrogen-bond donors (Lipinski definition) is 3. The molecule has 1 aromatic carbocycles. The van der Waals surface area contributed by atoms with E-state index in [4.69, 9.17) is 0 Å². The van der Waals surface area contributed by atoms with Gasteiger partial charge in [0.25, 0.3) is 5.56 Å². The first-order valence-corrected chi connectivity index (χ1v) is 10.8. The summed E-state index contributed by atoms with van der Waals surface area (Å²) in [5, 5.41) is 5.59. The minimum atomic E-state index is -0.898. The fourth-order valence-corrected chi connectivity index (χ4v) is 4.63. The van der Waals surface area contributed by atoms with Crippen molar-refractivity contribution in [1.29, 1.82) is 0 Å². The Morgan fingerprint density at radius 2 is 1.87 bits per heavy atom. The van der Waals surface area contributed by atoms with Crippen molar-refractivity contribution in [2.75, 3.05) is 15.5 Å². The Labute approximate surface area is 181 Å². The van der Waals surface area contributed by atoms with Crippen molar-refractivity contribution in [2.24, 2.45) is 0 Å². The molecule has 31 heavy (non-hydrogen) atoms. The molecule has 0 radical (unpaired) electrons. The molecule has 2 aliphatic rings. The van der Waals surface area contributed by atoms with Crippen LogP contribution in [0.1, 0.15) is 62.1 Å². The van der Waals surface area contributed by atoms with Crippen molar-refractivity contribution in [3.8, 4) is 0 Å². The first kappa shape index (κ1) is 21.1. The number of H-pyrrole nitrogens is 1. The number of carbonyl (C=O) groups excluding carboxylic acids is 2. The highest BCUT2D eigenvalue weighted by Crippen LogP contribution is 2.33. The Hall–Kier alpha value is -3.16. The Balaban J connectivity index is 1.69. The van der Waals surface area contributed by atoms with E-state index in [0.717, 1.165) is 30.4 Å². The predicted molar refractivity (Wildman–Crippen MR) is 121 cm³/mol. The number of piperidine rings is 1. The topological polar surface area (TPSA) is 107 Å². The molecule has 3 heterocycles. The molecule has 3 atom stereocenters. The number of benzene rings is 1. The van der Waals surface area contributed by atoms with Crippen LogP contribution in [0.4, 0.5) is 17.5 Å². The summed E-state index contributed by atoms with van der Waals surface area (Å²) in [6, 6.07) is 6.23. The van der Waals surface area contributed by atoms with Gasteiger partial charge in [-0.05, 0) is 64.2 Å². The molecule has 0 aliphatic carbocycles. The van der Waals surface area contributed by atoms with Crippen LogP contribution in [0.25, 0.3) is 0 Å². The standard InChI is InChI=1S/C23H29N5O3/c1-12-8-9-13(2)17(10-12)24-21(30)16-11-18(29)25-20-19(16)22(31)27-23(26-20)28-14(3)6-5-7-15(28)4/h8-10,14-16H,5-7,11H2,1-4H3,(H,24,30)(H2,25,26,27,29,31). The lowest BCUT2D eigenvalue weighted by Crippen LogP contribution is -2.46. The maximum atomic E-state index is 13.1. The maximum absolute atomic E-state index is 13.1. The van der Waals surface area contributed by atoms with Gasteiger partial charge in [-0.3, -0.25) is 19.4 Å². The van der Waals surface area contributed by atoms with Crippen LogP contribution in [0, 0.1) is 13.8 Å².